The summed E-state index contributed by atoms with van der Waals surface area (Å²) in [6.45, 7) is 3.68. The first-order chi connectivity index (χ1) is 11.8. The number of amides is 1. The second-order valence-electron chi connectivity index (χ2n) is 7.60. The Kier molecular flexibility index (Phi) is 4.86. The van der Waals surface area contributed by atoms with E-state index in [0.29, 0.717) is 12.0 Å². The van der Waals surface area contributed by atoms with Crippen LogP contribution in [0.4, 0.5) is 0 Å². The Morgan fingerprint density at radius 2 is 2.00 bits per heavy atom. The number of hydrogen-bond donors (Lipinski definition) is 1. The maximum absolute atomic E-state index is 12.8. The van der Waals surface area contributed by atoms with E-state index < -0.39 is 0 Å². The molecule has 0 bridgehead atoms. The molecule has 2 heterocycles. The van der Waals surface area contributed by atoms with Gasteiger partial charge >= 0.3 is 0 Å². The summed E-state index contributed by atoms with van der Waals surface area (Å²) in [5.74, 6) is 0.783. The quantitative estimate of drug-likeness (QED) is 0.901. The van der Waals surface area contributed by atoms with Crippen molar-refractivity contribution < 1.29 is 9.53 Å². The van der Waals surface area contributed by atoms with Gasteiger partial charge in [0.25, 0.3) is 0 Å². The van der Waals surface area contributed by atoms with Crippen LogP contribution in [0.1, 0.15) is 31.2 Å². The Hall–Kier alpha value is -1.39. The third-order valence-corrected chi connectivity index (χ3v) is 6.02. The normalized spacial score (nSPS) is 30.6. The lowest BCUT2D eigenvalue weighted by Gasteiger charge is -2.40. The van der Waals surface area contributed by atoms with Crippen molar-refractivity contribution >= 4 is 5.91 Å². The van der Waals surface area contributed by atoms with E-state index in [4.69, 9.17) is 4.74 Å². The van der Waals surface area contributed by atoms with Crippen LogP contribution in [0.15, 0.2) is 30.3 Å². The molecule has 2 saturated heterocycles. The molecule has 3 aliphatic rings. The highest BCUT2D eigenvalue weighted by Crippen LogP contribution is 2.34. The molecule has 3 fully saturated rings. The predicted octanol–water partition coefficient (Wildman–Crippen LogP) is 2.23. The predicted molar refractivity (Wildman–Crippen MR) is 93.7 cm³/mol. The highest BCUT2D eigenvalue weighted by Gasteiger charge is 2.44. The minimum atomic E-state index is 0.0997. The van der Waals surface area contributed by atoms with E-state index in [1.807, 2.05) is 0 Å². The molecule has 4 nitrogen and oxygen atoms in total. The molecule has 2 aliphatic heterocycles. The lowest BCUT2D eigenvalue weighted by molar-refractivity contribution is -0.132. The molecule has 0 unspecified atom stereocenters. The summed E-state index contributed by atoms with van der Waals surface area (Å²) in [6, 6.07) is 11.0. The Bertz CT molecular complexity index is 558. The smallest absolute Gasteiger partial charge is 0.225 e. The largest absolute Gasteiger partial charge is 0.377 e. The molecule has 4 heteroatoms. The topological polar surface area (TPSA) is 41.6 Å². The van der Waals surface area contributed by atoms with Gasteiger partial charge in [0.2, 0.25) is 5.91 Å². The van der Waals surface area contributed by atoms with Crippen LogP contribution < -0.4 is 5.32 Å². The lowest BCUT2D eigenvalue weighted by atomic mass is 9.81. The zero-order valence-electron chi connectivity index (χ0n) is 14.3. The van der Waals surface area contributed by atoms with Crippen LogP contribution in [-0.2, 0) is 16.0 Å². The molecule has 0 radical (unpaired) electrons. The summed E-state index contributed by atoms with van der Waals surface area (Å²) < 4.78 is 5.94. The molecular weight excluding hydrogens is 300 g/mol. The molecule has 4 rings (SSSR count). The van der Waals surface area contributed by atoms with Crippen molar-refractivity contribution in [2.75, 3.05) is 26.2 Å². The van der Waals surface area contributed by atoms with Crippen LogP contribution in [0.2, 0.25) is 0 Å². The van der Waals surface area contributed by atoms with Gasteiger partial charge < -0.3 is 10.1 Å². The number of benzene rings is 1. The molecule has 130 valence electrons. The Balaban J connectivity index is 1.38. The van der Waals surface area contributed by atoms with E-state index >= 15 is 0 Å². The number of fused-ring (bicyclic) bond motifs is 1. The number of rotatable bonds is 5. The second kappa shape index (κ2) is 7.24. The lowest BCUT2D eigenvalue weighted by Crippen LogP contribution is -2.54. The molecule has 1 amide bonds. The van der Waals surface area contributed by atoms with Gasteiger partial charge in [0.05, 0.1) is 12.0 Å². The van der Waals surface area contributed by atoms with Gasteiger partial charge in [-0.25, -0.2) is 0 Å². The maximum atomic E-state index is 12.8. The van der Waals surface area contributed by atoms with Crippen LogP contribution in [0.25, 0.3) is 0 Å². The van der Waals surface area contributed by atoms with Crippen LogP contribution in [0.3, 0.4) is 0 Å². The number of carbonyl (C=O) groups excluding carboxylic acids is 1. The first-order valence-electron chi connectivity index (χ1n) is 9.48. The van der Waals surface area contributed by atoms with Crippen LogP contribution >= 0.6 is 0 Å². The fraction of sp³-hybridized carbons (Fsp3) is 0.650. The number of likely N-dealkylation sites (tertiary alicyclic amines) is 1. The number of ether oxygens (including phenoxy) is 1. The Morgan fingerprint density at radius 1 is 1.17 bits per heavy atom. The van der Waals surface area contributed by atoms with E-state index in [1.165, 1.54) is 12.0 Å². The van der Waals surface area contributed by atoms with Gasteiger partial charge in [-0.05, 0) is 37.7 Å². The molecule has 1 N–H and O–H groups in total. The van der Waals surface area contributed by atoms with Gasteiger partial charge in [-0.2, -0.15) is 0 Å². The minimum absolute atomic E-state index is 0.0997. The van der Waals surface area contributed by atoms with Crippen molar-refractivity contribution in [1.82, 2.24) is 10.2 Å². The van der Waals surface area contributed by atoms with Crippen LogP contribution in [-0.4, -0.2) is 49.2 Å². The maximum Gasteiger partial charge on any atom is 0.225 e. The van der Waals surface area contributed by atoms with Crippen molar-refractivity contribution in [2.45, 2.75) is 44.2 Å². The third-order valence-electron chi connectivity index (χ3n) is 6.02. The summed E-state index contributed by atoms with van der Waals surface area (Å²) >= 11 is 0. The van der Waals surface area contributed by atoms with Crippen molar-refractivity contribution in [1.29, 1.82) is 0 Å². The Labute approximate surface area is 144 Å². The molecule has 3 atom stereocenters. The van der Waals surface area contributed by atoms with Crippen molar-refractivity contribution in [2.24, 2.45) is 11.8 Å². The fourth-order valence-corrected chi connectivity index (χ4v) is 4.31. The van der Waals surface area contributed by atoms with E-state index in [9.17, 15) is 4.79 Å². The number of nitrogens with one attached hydrogen (secondary N) is 1. The number of hydrogen-bond acceptors (Lipinski definition) is 3. The third kappa shape index (κ3) is 3.50. The van der Waals surface area contributed by atoms with Gasteiger partial charge in [-0.3, -0.25) is 9.69 Å². The summed E-state index contributed by atoms with van der Waals surface area (Å²) in [5.41, 5.74) is 1.36. The molecular formula is C20H28N2O2. The summed E-state index contributed by atoms with van der Waals surface area (Å²) in [4.78, 5) is 15.2. The highest BCUT2D eigenvalue weighted by atomic mass is 16.5. The molecule has 0 aromatic heterocycles. The van der Waals surface area contributed by atoms with E-state index in [0.717, 1.165) is 51.9 Å². The summed E-state index contributed by atoms with van der Waals surface area (Å²) in [6.07, 6.45) is 5.89. The molecule has 0 spiro atoms. The van der Waals surface area contributed by atoms with Crippen LogP contribution in [0.5, 0.6) is 0 Å². The van der Waals surface area contributed by atoms with Crippen LogP contribution in [0, 0.1) is 11.8 Å². The zero-order chi connectivity index (χ0) is 16.4. The first-order valence-corrected chi connectivity index (χ1v) is 9.48. The molecule has 24 heavy (non-hydrogen) atoms. The van der Waals surface area contributed by atoms with Crippen molar-refractivity contribution in [3.63, 3.8) is 0 Å². The van der Waals surface area contributed by atoms with Gasteiger partial charge in [0.15, 0.2) is 0 Å². The van der Waals surface area contributed by atoms with E-state index in [2.05, 4.69) is 40.5 Å². The Morgan fingerprint density at radius 3 is 2.75 bits per heavy atom. The monoisotopic (exact) mass is 328 g/mol. The first kappa shape index (κ1) is 16.1. The second-order valence-corrected chi connectivity index (χ2v) is 7.60. The average molecular weight is 328 g/mol. The van der Waals surface area contributed by atoms with Gasteiger partial charge in [-0.1, -0.05) is 30.3 Å². The molecule has 1 aromatic carbocycles. The molecule has 1 aliphatic carbocycles. The average Bonchev–Trinajstić information content (AvgIpc) is 3.04. The molecule has 1 saturated carbocycles. The summed E-state index contributed by atoms with van der Waals surface area (Å²) in [5, 5.41) is 3.27. The highest BCUT2D eigenvalue weighted by molar-refractivity contribution is 5.80. The number of nitrogens with zero attached hydrogens (tertiary/aromatic N) is 1. The number of carbonyl (C=O) groups is 1. The van der Waals surface area contributed by atoms with Gasteiger partial charge in [-0.15, -0.1) is 0 Å². The summed E-state index contributed by atoms with van der Waals surface area (Å²) in [7, 11) is 0. The standard InChI is InChI=1S/C20H28N2O2/c23-20(21-16-7-4-8-16)18-13-22(14-19-17(18)10-12-24-19)11-9-15-5-2-1-3-6-15/h1-3,5-6,16-19H,4,7-14H2,(H,21,23)/t17-,18+,19+/m0/s1. The SMILES string of the molecule is O=C(NC1CCC1)[C@@H]1CN(CCc2ccccc2)C[C@H]2OCC[C@H]21. The van der Waals surface area contributed by atoms with Crippen molar-refractivity contribution in [3.8, 4) is 0 Å². The van der Waals surface area contributed by atoms with E-state index in [1.54, 1.807) is 0 Å². The van der Waals surface area contributed by atoms with Gasteiger partial charge in [0, 0.05) is 38.2 Å². The molecule has 1 aromatic rings. The number of piperidine rings is 1. The fourth-order valence-electron chi connectivity index (χ4n) is 4.31. The minimum Gasteiger partial charge on any atom is -0.377 e. The van der Waals surface area contributed by atoms with Crippen molar-refractivity contribution in [3.05, 3.63) is 35.9 Å². The van der Waals surface area contributed by atoms with Gasteiger partial charge in [0.1, 0.15) is 0 Å². The zero-order valence-corrected chi connectivity index (χ0v) is 14.3. The van der Waals surface area contributed by atoms with E-state index in [-0.39, 0.29) is 17.9 Å².